The zero-order chi connectivity index (χ0) is 32.6. The van der Waals surface area contributed by atoms with Crippen molar-refractivity contribution in [1.82, 2.24) is 25.3 Å². The number of aromatic amines is 1. The molecule has 0 aliphatic rings. The van der Waals surface area contributed by atoms with Crippen LogP contribution in [0.2, 0.25) is 0 Å². The minimum Gasteiger partial charge on any atom is -0.459 e. The molecule has 238 valence electrons. The first-order valence-corrected chi connectivity index (χ1v) is 14.6. The molecule has 12 nitrogen and oxygen atoms in total. The number of halogens is 1. The number of para-hydroxylation sites is 2. The van der Waals surface area contributed by atoms with Crippen LogP contribution in [0.1, 0.15) is 54.9 Å². The van der Waals surface area contributed by atoms with Crippen molar-refractivity contribution in [3.05, 3.63) is 90.0 Å². The molecule has 0 radical (unpaired) electrons. The number of aliphatic hydroxyl groups is 1. The average Bonchev–Trinajstić information content (AvgIpc) is 3.50. The van der Waals surface area contributed by atoms with Crippen LogP contribution in [-0.2, 0) is 27.2 Å². The maximum atomic E-state index is 14.2. The lowest BCUT2D eigenvalue weighted by molar-refractivity contribution is -0.154. The van der Waals surface area contributed by atoms with E-state index in [-0.39, 0.29) is 37.8 Å². The molecule has 2 aromatic heterocycles. The van der Waals surface area contributed by atoms with Gasteiger partial charge < -0.3 is 31.6 Å². The number of carbonyl (C=O) groups excluding carboxylic acids is 3. The van der Waals surface area contributed by atoms with Crippen molar-refractivity contribution in [2.45, 2.75) is 69.7 Å². The second kappa shape index (κ2) is 14.8. The predicted octanol–water partition coefficient (Wildman–Crippen LogP) is 2.36. The summed E-state index contributed by atoms with van der Waals surface area (Å²) >= 11 is 0. The first kappa shape index (κ1) is 33.1. The van der Waals surface area contributed by atoms with Crippen molar-refractivity contribution in [1.29, 1.82) is 0 Å². The van der Waals surface area contributed by atoms with E-state index in [1.807, 2.05) is 0 Å². The Bertz CT molecular complexity index is 1610. The Morgan fingerprint density at radius 3 is 2.51 bits per heavy atom. The molecular weight excluding hydrogens is 581 g/mol. The van der Waals surface area contributed by atoms with Crippen LogP contribution in [0.15, 0.2) is 67.3 Å². The molecule has 4 rings (SSSR count). The normalized spacial score (nSPS) is 14.3. The number of H-pyrrole nitrogens is 1. The van der Waals surface area contributed by atoms with Gasteiger partial charge in [0, 0.05) is 24.2 Å². The Balaban J connectivity index is 1.67. The number of primary amides is 1. The smallest absolute Gasteiger partial charge is 0.323 e. The predicted molar refractivity (Wildman–Crippen MR) is 164 cm³/mol. The summed E-state index contributed by atoms with van der Waals surface area (Å²) in [5.74, 6) is -3.41. The summed E-state index contributed by atoms with van der Waals surface area (Å²) in [5.41, 5.74) is 13.1. The molecule has 0 aliphatic heterocycles. The number of nitrogens with one attached hydrogen (secondary N) is 2. The van der Waals surface area contributed by atoms with Gasteiger partial charge in [0.15, 0.2) is 0 Å². The zero-order valence-corrected chi connectivity index (χ0v) is 25.2. The average molecular weight is 620 g/mol. The number of aromatic nitrogens is 4. The molecule has 2 amide bonds. The van der Waals surface area contributed by atoms with Gasteiger partial charge in [-0.25, -0.2) is 14.4 Å². The molecule has 0 saturated heterocycles. The highest BCUT2D eigenvalue weighted by atomic mass is 19.1. The van der Waals surface area contributed by atoms with Crippen LogP contribution < -0.4 is 16.8 Å². The maximum absolute atomic E-state index is 14.2. The number of imidazole rings is 1. The summed E-state index contributed by atoms with van der Waals surface area (Å²) in [4.78, 5) is 55.0. The number of esters is 1. The number of nitrogens with two attached hydrogens (primary N) is 2. The molecule has 0 fully saturated rings. The summed E-state index contributed by atoms with van der Waals surface area (Å²) < 4.78 is 20.2. The monoisotopic (exact) mass is 619 g/mol. The van der Waals surface area contributed by atoms with Gasteiger partial charge in [-0.2, -0.15) is 0 Å². The lowest BCUT2D eigenvalue weighted by Crippen LogP contribution is -2.50. The number of carbonyl (C=O) groups is 3. The molecule has 2 aromatic carbocycles. The molecule has 4 atom stereocenters. The Morgan fingerprint density at radius 2 is 1.84 bits per heavy atom. The number of fused-ring (bicyclic) bond motifs is 1. The van der Waals surface area contributed by atoms with Gasteiger partial charge in [0.1, 0.15) is 23.7 Å². The molecule has 4 aromatic rings. The van der Waals surface area contributed by atoms with E-state index in [4.69, 9.17) is 16.2 Å². The standard InChI is InChI=1S/C32H38FN7O5/c1-32(2,44)11-10-20(29(35)41)14-28(45-31(43)23(34)15-22-16-36-18-38-22)26(13-19-6-5-7-21(33)12-19)40-30(42)27-17-37-24-8-3-4-9-25(24)39-27/h3-9,12,16-18,20,23,26,28,44H,10-11,13-15,34H2,1-2H3,(H2,35,41)(H,36,38)(H,40,42)/t20-,23+,26+,28+/m1/s1. The van der Waals surface area contributed by atoms with Crippen LogP contribution in [-0.4, -0.2) is 66.6 Å². The van der Waals surface area contributed by atoms with E-state index in [2.05, 4.69) is 25.3 Å². The van der Waals surface area contributed by atoms with Gasteiger partial charge in [0.25, 0.3) is 5.91 Å². The van der Waals surface area contributed by atoms with Crippen LogP contribution in [0, 0.1) is 11.7 Å². The third-order valence-electron chi connectivity index (χ3n) is 7.38. The van der Waals surface area contributed by atoms with E-state index in [0.717, 1.165) is 0 Å². The van der Waals surface area contributed by atoms with Crippen LogP contribution >= 0.6 is 0 Å². The van der Waals surface area contributed by atoms with E-state index in [0.29, 0.717) is 22.3 Å². The molecule has 0 aliphatic carbocycles. The summed E-state index contributed by atoms with van der Waals surface area (Å²) in [6.07, 6.45) is 3.61. The number of hydrogen-bond acceptors (Lipinski definition) is 9. The van der Waals surface area contributed by atoms with Crippen molar-refractivity contribution in [3.8, 4) is 0 Å². The largest absolute Gasteiger partial charge is 0.459 e. The number of benzene rings is 2. The molecule has 7 N–H and O–H groups in total. The molecule has 2 heterocycles. The minimum absolute atomic E-state index is 0.00689. The number of ether oxygens (including phenoxy) is 1. The van der Waals surface area contributed by atoms with Crippen molar-refractivity contribution in [3.63, 3.8) is 0 Å². The third kappa shape index (κ3) is 9.88. The summed E-state index contributed by atoms with van der Waals surface area (Å²) in [5, 5.41) is 13.2. The molecule has 45 heavy (non-hydrogen) atoms. The van der Waals surface area contributed by atoms with Gasteiger partial charge in [-0.05, 0) is 69.4 Å². The SMILES string of the molecule is CC(C)(O)CC[C@H](C[C@H](OC(=O)[C@@H](N)Cc1cnc[nH]1)[C@H](Cc1cccc(F)c1)NC(=O)c1cnc2ccccc2n1)C(N)=O. The highest BCUT2D eigenvalue weighted by Gasteiger charge is 2.34. The first-order chi connectivity index (χ1) is 21.4. The second-order valence-corrected chi connectivity index (χ2v) is 11.7. The Morgan fingerprint density at radius 1 is 1.09 bits per heavy atom. The number of amides is 2. The number of nitrogens with zero attached hydrogens (tertiary/aromatic N) is 3. The Kier molecular flexibility index (Phi) is 10.9. The minimum atomic E-state index is -1.13. The van der Waals surface area contributed by atoms with E-state index in [1.54, 1.807) is 44.2 Å². The molecule has 13 heteroatoms. The number of rotatable bonds is 15. The van der Waals surface area contributed by atoms with Crippen molar-refractivity contribution < 1.29 is 28.6 Å². The third-order valence-corrected chi connectivity index (χ3v) is 7.38. The maximum Gasteiger partial charge on any atom is 0.323 e. The second-order valence-electron chi connectivity index (χ2n) is 11.7. The van der Waals surface area contributed by atoms with Gasteiger partial charge in [-0.3, -0.25) is 19.4 Å². The highest BCUT2D eigenvalue weighted by Crippen LogP contribution is 2.24. The fourth-order valence-corrected chi connectivity index (χ4v) is 4.93. The van der Waals surface area contributed by atoms with E-state index in [9.17, 15) is 23.9 Å². The van der Waals surface area contributed by atoms with Crippen LogP contribution in [0.3, 0.4) is 0 Å². The Labute approximate surface area is 259 Å². The van der Waals surface area contributed by atoms with Gasteiger partial charge in [-0.1, -0.05) is 24.3 Å². The van der Waals surface area contributed by atoms with Crippen LogP contribution in [0.25, 0.3) is 11.0 Å². The van der Waals surface area contributed by atoms with E-state index < -0.39 is 53.3 Å². The van der Waals surface area contributed by atoms with Crippen LogP contribution in [0.5, 0.6) is 0 Å². The highest BCUT2D eigenvalue weighted by molar-refractivity contribution is 5.94. The topological polar surface area (TPSA) is 199 Å². The van der Waals surface area contributed by atoms with E-state index in [1.165, 1.54) is 36.9 Å². The van der Waals surface area contributed by atoms with Crippen molar-refractivity contribution >= 4 is 28.8 Å². The van der Waals surface area contributed by atoms with Gasteiger partial charge in [-0.15, -0.1) is 0 Å². The number of hydrogen-bond donors (Lipinski definition) is 5. The molecular formula is C32H38FN7O5. The first-order valence-electron chi connectivity index (χ1n) is 14.6. The summed E-state index contributed by atoms with van der Waals surface area (Å²) in [6, 6.07) is 10.8. The van der Waals surface area contributed by atoms with Gasteiger partial charge in [0.05, 0.1) is 35.2 Å². The summed E-state index contributed by atoms with van der Waals surface area (Å²) in [7, 11) is 0. The summed E-state index contributed by atoms with van der Waals surface area (Å²) in [6.45, 7) is 3.21. The lowest BCUT2D eigenvalue weighted by Gasteiger charge is -2.31. The van der Waals surface area contributed by atoms with E-state index >= 15 is 0 Å². The fourth-order valence-electron chi connectivity index (χ4n) is 4.93. The molecule has 0 unspecified atom stereocenters. The quantitative estimate of drug-likeness (QED) is 0.124. The zero-order valence-electron chi connectivity index (χ0n) is 25.2. The Hall–Kier alpha value is -4.75. The molecule has 0 spiro atoms. The lowest BCUT2D eigenvalue weighted by atomic mass is 9.87. The van der Waals surface area contributed by atoms with Gasteiger partial charge >= 0.3 is 5.97 Å². The fraction of sp³-hybridized carbons (Fsp3) is 0.375. The molecule has 0 saturated carbocycles. The van der Waals surface area contributed by atoms with Crippen molar-refractivity contribution in [2.24, 2.45) is 17.4 Å². The molecule has 0 bridgehead atoms. The van der Waals surface area contributed by atoms with Gasteiger partial charge in [0.2, 0.25) is 5.91 Å². The van der Waals surface area contributed by atoms with Crippen LogP contribution in [0.4, 0.5) is 4.39 Å². The van der Waals surface area contributed by atoms with Crippen molar-refractivity contribution in [2.75, 3.05) is 0 Å².